The third-order valence-corrected chi connectivity index (χ3v) is 6.47. The lowest BCUT2D eigenvalue weighted by atomic mass is 9.63. The van der Waals surface area contributed by atoms with E-state index in [9.17, 15) is 19.5 Å². The van der Waals surface area contributed by atoms with E-state index in [4.69, 9.17) is 14.2 Å². The van der Waals surface area contributed by atoms with Gasteiger partial charge in [0.2, 0.25) is 0 Å². The van der Waals surface area contributed by atoms with Crippen molar-refractivity contribution in [2.45, 2.75) is 31.7 Å². The van der Waals surface area contributed by atoms with Crippen LogP contribution in [0.1, 0.15) is 25.0 Å². The van der Waals surface area contributed by atoms with Gasteiger partial charge in [-0.15, -0.1) is 0 Å². The number of methoxy groups -OCH3 is 2. The largest absolute Gasteiger partial charge is 0.468 e. The van der Waals surface area contributed by atoms with Crippen LogP contribution in [0.5, 0.6) is 0 Å². The highest BCUT2D eigenvalue weighted by atomic mass is 16.6. The van der Waals surface area contributed by atoms with Crippen LogP contribution >= 0.6 is 0 Å². The molecule has 0 spiro atoms. The molecule has 1 aliphatic heterocycles. The van der Waals surface area contributed by atoms with Crippen molar-refractivity contribution in [3.8, 4) is 0 Å². The first kappa shape index (κ1) is 23.6. The summed E-state index contributed by atoms with van der Waals surface area (Å²) in [4.78, 5) is 41.2. The Morgan fingerprint density at radius 2 is 1.62 bits per heavy atom. The molecule has 7 heteroatoms. The van der Waals surface area contributed by atoms with Gasteiger partial charge < -0.3 is 19.3 Å². The van der Waals surface area contributed by atoms with Crippen molar-refractivity contribution in [2.75, 3.05) is 14.2 Å². The average molecular weight is 462 g/mol. The molecule has 0 amide bonds. The number of hydrogen-bond acceptors (Lipinski definition) is 7. The van der Waals surface area contributed by atoms with Crippen molar-refractivity contribution >= 4 is 23.3 Å². The molecule has 1 fully saturated rings. The maximum atomic E-state index is 14.3. The van der Waals surface area contributed by atoms with Crippen LogP contribution in [0.4, 0.5) is 0 Å². The third-order valence-electron chi connectivity index (χ3n) is 6.47. The molecule has 176 valence electrons. The predicted molar refractivity (Wildman–Crippen MR) is 123 cm³/mol. The monoisotopic (exact) mass is 462 g/mol. The van der Waals surface area contributed by atoms with Crippen molar-refractivity contribution in [1.82, 2.24) is 0 Å². The number of ketones is 1. The summed E-state index contributed by atoms with van der Waals surface area (Å²) in [6.45, 7) is 3.22. The van der Waals surface area contributed by atoms with Gasteiger partial charge in [0.15, 0.2) is 11.2 Å². The molecule has 34 heavy (non-hydrogen) atoms. The van der Waals surface area contributed by atoms with Crippen LogP contribution in [0.15, 0.2) is 77.9 Å². The quantitative estimate of drug-likeness (QED) is 0.316. The smallest absolute Gasteiger partial charge is 0.341 e. The molecular weight excluding hydrogens is 436 g/mol. The van der Waals surface area contributed by atoms with Crippen LogP contribution < -0.4 is 0 Å². The highest BCUT2D eigenvalue weighted by Crippen LogP contribution is 2.68. The fraction of sp³-hybridized carbons (Fsp3) is 0.296. The normalized spacial score (nSPS) is 28.1. The van der Waals surface area contributed by atoms with Crippen LogP contribution in [-0.4, -0.2) is 49.3 Å². The molecule has 1 N–H and O–H groups in total. The molecule has 0 aromatic heterocycles. The second kappa shape index (κ2) is 8.66. The van der Waals surface area contributed by atoms with Crippen LogP contribution in [0.3, 0.4) is 0 Å². The van der Waals surface area contributed by atoms with Crippen molar-refractivity contribution < 1.29 is 33.7 Å². The van der Waals surface area contributed by atoms with Crippen LogP contribution in [0.25, 0.3) is 5.57 Å². The van der Waals surface area contributed by atoms with E-state index in [-0.39, 0.29) is 16.7 Å². The zero-order valence-corrected chi connectivity index (χ0v) is 19.4. The molecule has 0 radical (unpaired) electrons. The second-order valence-electron chi connectivity index (χ2n) is 8.35. The molecule has 2 aliphatic rings. The topological polar surface area (TPSA) is 99.1 Å². The highest BCUT2D eigenvalue weighted by molar-refractivity contribution is 6.35. The first-order valence-electron chi connectivity index (χ1n) is 10.9. The number of carbonyl (C=O) groups is 3. The summed E-state index contributed by atoms with van der Waals surface area (Å²) in [6.07, 6.45) is -0.326. The molecule has 4 atom stereocenters. The summed E-state index contributed by atoms with van der Waals surface area (Å²) in [5.41, 5.74) is -2.62. The number of aliphatic hydroxyl groups is 1. The van der Waals surface area contributed by atoms with E-state index in [1.807, 2.05) is 0 Å². The summed E-state index contributed by atoms with van der Waals surface area (Å²) >= 11 is 0. The Morgan fingerprint density at radius 1 is 1.03 bits per heavy atom. The lowest BCUT2D eigenvalue weighted by Crippen LogP contribution is -2.51. The Kier molecular flexibility index (Phi) is 6.02. The van der Waals surface area contributed by atoms with E-state index in [2.05, 4.69) is 0 Å². The van der Waals surface area contributed by atoms with E-state index in [0.717, 1.165) is 0 Å². The molecule has 0 saturated carbocycles. The van der Waals surface area contributed by atoms with Crippen molar-refractivity contribution in [3.63, 3.8) is 0 Å². The number of hydrogen-bond donors (Lipinski definition) is 1. The van der Waals surface area contributed by atoms with E-state index in [1.165, 1.54) is 27.2 Å². The summed E-state index contributed by atoms with van der Waals surface area (Å²) in [5, 5.41) is 10.3. The molecule has 4 rings (SSSR count). The molecule has 2 unspecified atom stereocenters. The van der Waals surface area contributed by atoms with Gasteiger partial charge >= 0.3 is 11.9 Å². The minimum Gasteiger partial charge on any atom is -0.468 e. The van der Waals surface area contributed by atoms with Gasteiger partial charge in [0.25, 0.3) is 0 Å². The average Bonchev–Trinajstić information content (AvgIpc) is 3.24. The minimum atomic E-state index is -2.08. The maximum absolute atomic E-state index is 14.3. The predicted octanol–water partition coefficient (Wildman–Crippen LogP) is 2.98. The lowest BCUT2D eigenvalue weighted by molar-refractivity contribution is -0.162. The van der Waals surface area contributed by atoms with Gasteiger partial charge in [0, 0.05) is 5.57 Å². The second-order valence-corrected chi connectivity index (χ2v) is 8.35. The fourth-order valence-electron chi connectivity index (χ4n) is 5.32. The Labute approximate surface area is 197 Å². The molecule has 0 bridgehead atoms. The first-order chi connectivity index (χ1) is 16.3. The fourth-order valence-corrected chi connectivity index (χ4v) is 5.32. The van der Waals surface area contributed by atoms with Crippen LogP contribution in [-0.2, 0) is 34.2 Å². The van der Waals surface area contributed by atoms with Crippen LogP contribution in [0.2, 0.25) is 0 Å². The molecule has 7 nitrogen and oxygen atoms in total. The van der Waals surface area contributed by atoms with Gasteiger partial charge in [-0.1, -0.05) is 66.7 Å². The number of esters is 2. The maximum Gasteiger partial charge on any atom is 0.341 e. The van der Waals surface area contributed by atoms with Gasteiger partial charge in [-0.05, 0) is 30.5 Å². The zero-order chi connectivity index (χ0) is 24.7. The number of fused-ring (bicyclic) bond motifs is 1. The molecule has 1 aliphatic carbocycles. The summed E-state index contributed by atoms with van der Waals surface area (Å²) < 4.78 is 16.8. The summed E-state index contributed by atoms with van der Waals surface area (Å²) in [6, 6.07) is 17.6. The van der Waals surface area contributed by atoms with Gasteiger partial charge in [-0.25, -0.2) is 4.79 Å². The highest BCUT2D eigenvalue weighted by Gasteiger charge is 2.78. The van der Waals surface area contributed by atoms with Gasteiger partial charge in [-0.2, -0.15) is 0 Å². The van der Waals surface area contributed by atoms with Crippen LogP contribution in [0, 0.1) is 5.41 Å². The van der Waals surface area contributed by atoms with E-state index < -0.39 is 40.9 Å². The number of carbonyl (C=O) groups excluding carboxylic acids is 3. The Bertz CT molecular complexity index is 1200. The molecule has 1 heterocycles. The number of benzene rings is 2. The number of aliphatic hydroxyl groups excluding tert-OH is 1. The summed E-state index contributed by atoms with van der Waals surface area (Å²) in [5.74, 6) is -2.56. The summed E-state index contributed by atoms with van der Waals surface area (Å²) in [7, 11) is 2.36. The minimum absolute atomic E-state index is 0.224. The van der Waals surface area contributed by atoms with E-state index in [1.54, 1.807) is 67.6 Å². The molecular formula is C27H26O7. The lowest BCUT2D eigenvalue weighted by Gasteiger charge is -2.38. The van der Waals surface area contributed by atoms with Gasteiger partial charge in [0.1, 0.15) is 11.2 Å². The van der Waals surface area contributed by atoms with Crippen molar-refractivity contribution in [3.05, 3.63) is 89.0 Å². The number of ether oxygens (including phenoxy) is 3. The van der Waals surface area contributed by atoms with Gasteiger partial charge in [-0.3, -0.25) is 9.59 Å². The Hall–Kier alpha value is -3.55. The van der Waals surface area contributed by atoms with E-state index >= 15 is 0 Å². The first-order valence-corrected chi connectivity index (χ1v) is 10.9. The molecule has 2 aromatic carbocycles. The van der Waals surface area contributed by atoms with E-state index in [0.29, 0.717) is 11.1 Å². The molecule has 1 saturated heterocycles. The Balaban J connectivity index is 2.25. The standard InChI is InChI=1S/C27H26O7/c1-16(28)15-20-17(2)34-27(19-13-9-6-10-14-19)22(18-11-7-5-8-12-18)21(24(30)32-3)23(29)26(20,27)25(31)33-4/h5-17,28H,1-4H3/b20-15+/t16?,17?,26-,27+/m0/s1. The Morgan fingerprint density at radius 3 is 2.15 bits per heavy atom. The zero-order valence-electron chi connectivity index (χ0n) is 19.4. The SMILES string of the molecule is COC(=O)C1=C(c2ccccc2)[C@@]2(c3ccccc3)OC(C)/C(=C\C(C)O)[C@@]2(C(=O)OC)C1=O. The van der Waals surface area contributed by atoms with Crippen molar-refractivity contribution in [2.24, 2.45) is 5.41 Å². The third kappa shape index (κ3) is 3.01. The number of rotatable bonds is 5. The van der Waals surface area contributed by atoms with Crippen molar-refractivity contribution in [1.29, 1.82) is 0 Å². The molecule has 2 aromatic rings. The van der Waals surface area contributed by atoms with Gasteiger partial charge in [0.05, 0.1) is 26.4 Å². The number of Topliss-reactive ketones (excluding diaryl/α,β-unsaturated/α-hetero) is 1.